The summed E-state index contributed by atoms with van der Waals surface area (Å²) in [4.78, 5) is 0. The molecule has 1 rings (SSSR count). The zero-order chi connectivity index (χ0) is 12.0. The normalized spacial score (nSPS) is 17.1. The number of nitrogens with zero attached hydrogens (tertiary/aromatic N) is 4. The average Bonchev–Trinajstić information content (AvgIpc) is 2.34. The third-order valence-electron chi connectivity index (χ3n) is 2.17. The van der Waals surface area contributed by atoms with Crippen molar-refractivity contribution in [3.05, 3.63) is 35.5 Å². The Morgan fingerprint density at radius 3 is 1.88 bits per heavy atom. The lowest BCUT2D eigenvalue weighted by Crippen LogP contribution is -2.08. The van der Waals surface area contributed by atoms with E-state index in [1.54, 1.807) is 36.4 Å². The number of hydrogen-bond donors (Lipinski definition) is 0. The molecule has 0 radical (unpaired) electrons. The van der Waals surface area contributed by atoms with Crippen LogP contribution < -0.4 is 0 Å². The molecule has 0 atom stereocenters. The minimum atomic E-state index is -0.735. The molecule has 0 saturated carbocycles. The topological polar surface area (TPSA) is 95.2 Å². The van der Waals surface area contributed by atoms with Gasteiger partial charge in [0.1, 0.15) is 23.6 Å². The molecule has 0 spiro atoms. The van der Waals surface area contributed by atoms with Crippen molar-refractivity contribution in [2.45, 2.75) is 0 Å². The number of hydrogen-bond acceptors (Lipinski definition) is 4. The summed E-state index contributed by atoms with van der Waals surface area (Å²) in [5, 5.41) is 34.7. The highest BCUT2D eigenvalue weighted by Crippen LogP contribution is 2.22. The lowest BCUT2D eigenvalue weighted by Gasteiger charge is -2.11. The van der Waals surface area contributed by atoms with Crippen LogP contribution in [0.25, 0.3) is 0 Å². The second-order valence-corrected chi connectivity index (χ2v) is 3.09. The Balaban J connectivity index is 2.97. The molecule has 0 aromatic rings. The first-order valence-corrected chi connectivity index (χ1v) is 4.47. The second-order valence-electron chi connectivity index (χ2n) is 3.09. The van der Waals surface area contributed by atoms with E-state index < -0.39 is 5.92 Å². The fourth-order valence-corrected chi connectivity index (χ4v) is 1.29. The van der Waals surface area contributed by atoms with Crippen LogP contribution in [-0.2, 0) is 0 Å². The van der Waals surface area contributed by atoms with Crippen LogP contribution in [-0.4, -0.2) is 0 Å². The van der Waals surface area contributed by atoms with Crippen LogP contribution in [0.2, 0.25) is 0 Å². The van der Waals surface area contributed by atoms with Gasteiger partial charge in [0.2, 0.25) is 0 Å². The van der Waals surface area contributed by atoms with Crippen LogP contribution in [0.1, 0.15) is 0 Å². The van der Waals surface area contributed by atoms with Crippen molar-refractivity contribution < 1.29 is 0 Å². The molecule has 0 N–H and O–H groups in total. The van der Waals surface area contributed by atoms with E-state index in [0.29, 0.717) is 5.57 Å². The van der Waals surface area contributed by atoms with Gasteiger partial charge in [-0.15, -0.1) is 0 Å². The minimum Gasteiger partial charge on any atom is -0.197 e. The van der Waals surface area contributed by atoms with Crippen LogP contribution in [0.4, 0.5) is 0 Å². The molecular formula is C12H6N4. The van der Waals surface area contributed by atoms with E-state index in [-0.39, 0.29) is 11.5 Å². The molecule has 0 unspecified atom stereocenters. The van der Waals surface area contributed by atoms with Gasteiger partial charge in [0.05, 0.1) is 12.1 Å². The van der Waals surface area contributed by atoms with Crippen LogP contribution >= 0.6 is 0 Å². The highest BCUT2D eigenvalue weighted by molar-refractivity contribution is 5.51. The smallest absolute Gasteiger partial charge is 0.143 e. The summed E-state index contributed by atoms with van der Waals surface area (Å²) >= 11 is 0. The van der Waals surface area contributed by atoms with Crippen LogP contribution in [0.15, 0.2) is 35.5 Å². The molecule has 0 aromatic heterocycles. The molecular weight excluding hydrogens is 200 g/mol. The van der Waals surface area contributed by atoms with Crippen molar-refractivity contribution in [1.29, 1.82) is 21.0 Å². The van der Waals surface area contributed by atoms with Crippen molar-refractivity contribution >= 4 is 0 Å². The third-order valence-corrected chi connectivity index (χ3v) is 2.17. The first-order valence-electron chi connectivity index (χ1n) is 4.47. The molecule has 4 nitrogen and oxygen atoms in total. The van der Waals surface area contributed by atoms with E-state index in [1.165, 1.54) is 0 Å². The van der Waals surface area contributed by atoms with Gasteiger partial charge < -0.3 is 0 Å². The average molecular weight is 206 g/mol. The first-order chi connectivity index (χ1) is 7.76. The predicted molar refractivity (Wildman–Crippen MR) is 54.7 cm³/mol. The van der Waals surface area contributed by atoms with Gasteiger partial charge in [-0.05, 0) is 0 Å². The molecule has 1 aliphatic carbocycles. The summed E-state index contributed by atoms with van der Waals surface area (Å²) in [6.07, 6.45) is 6.49. The van der Waals surface area contributed by atoms with Gasteiger partial charge in [-0.3, -0.25) is 0 Å². The lowest BCUT2D eigenvalue weighted by molar-refractivity contribution is 0.696. The highest BCUT2D eigenvalue weighted by atomic mass is 14.3. The molecule has 0 bridgehead atoms. The van der Waals surface area contributed by atoms with Crippen LogP contribution in [0, 0.1) is 57.2 Å². The largest absolute Gasteiger partial charge is 0.197 e. The Morgan fingerprint density at radius 1 is 1.00 bits per heavy atom. The highest BCUT2D eigenvalue weighted by Gasteiger charge is 2.18. The molecule has 0 amide bonds. The fraction of sp³-hybridized carbons (Fsp3) is 0.167. The van der Waals surface area contributed by atoms with E-state index in [2.05, 4.69) is 0 Å². The summed E-state index contributed by atoms with van der Waals surface area (Å²) in [7, 11) is 0. The molecule has 74 valence electrons. The standard InChI is InChI=1S/C12H6N4/c13-5-11(6-14)9-1-2-10(4-3-9)12(7-15)8-16/h1-4,9,11H. The summed E-state index contributed by atoms with van der Waals surface area (Å²) < 4.78 is 0. The van der Waals surface area contributed by atoms with Gasteiger partial charge in [-0.1, -0.05) is 24.3 Å². The molecule has 16 heavy (non-hydrogen) atoms. The zero-order valence-corrected chi connectivity index (χ0v) is 8.25. The van der Waals surface area contributed by atoms with Gasteiger partial charge in [0.25, 0.3) is 0 Å². The van der Waals surface area contributed by atoms with E-state index in [1.807, 2.05) is 12.1 Å². The van der Waals surface area contributed by atoms with Gasteiger partial charge in [-0.25, -0.2) is 0 Å². The van der Waals surface area contributed by atoms with E-state index >= 15 is 0 Å². The molecule has 0 saturated heterocycles. The van der Waals surface area contributed by atoms with E-state index in [4.69, 9.17) is 21.0 Å². The Bertz CT molecular complexity index is 492. The van der Waals surface area contributed by atoms with Gasteiger partial charge in [-0.2, -0.15) is 21.0 Å². The SMILES string of the molecule is N#CC(C#N)=C1C=CC(C(C#N)C#N)C=C1. The van der Waals surface area contributed by atoms with Crippen molar-refractivity contribution in [1.82, 2.24) is 0 Å². The maximum Gasteiger partial charge on any atom is 0.143 e. The Morgan fingerprint density at radius 2 is 1.50 bits per heavy atom. The predicted octanol–water partition coefficient (Wildman–Crippen LogP) is 1.74. The molecule has 1 aliphatic rings. The Hall–Kier alpha value is -2.82. The maximum absolute atomic E-state index is 8.69. The number of rotatable bonds is 1. The van der Waals surface area contributed by atoms with Crippen molar-refractivity contribution in [3.8, 4) is 24.3 Å². The maximum atomic E-state index is 8.69. The van der Waals surface area contributed by atoms with Crippen molar-refractivity contribution in [3.63, 3.8) is 0 Å². The lowest BCUT2D eigenvalue weighted by atomic mass is 9.89. The van der Waals surface area contributed by atoms with Crippen molar-refractivity contribution in [2.75, 3.05) is 0 Å². The number of nitriles is 4. The van der Waals surface area contributed by atoms with Gasteiger partial charge in [0, 0.05) is 11.5 Å². The monoisotopic (exact) mass is 206 g/mol. The van der Waals surface area contributed by atoms with E-state index in [9.17, 15) is 0 Å². The van der Waals surface area contributed by atoms with Gasteiger partial charge >= 0.3 is 0 Å². The fourth-order valence-electron chi connectivity index (χ4n) is 1.29. The van der Waals surface area contributed by atoms with Crippen molar-refractivity contribution in [2.24, 2.45) is 11.8 Å². The summed E-state index contributed by atoms with van der Waals surface area (Å²) in [6.45, 7) is 0. The first kappa shape index (κ1) is 11.3. The summed E-state index contributed by atoms with van der Waals surface area (Å²) in [5.41, 5.74) is 0.535. The quantitative estimate of drug-likeness (QED) is 0.610. The molecule has 4 heteroatoms. The Kier molecular flexibility index (Phi) is 3.63. The van der Waals surface area contributed by atoms with Crippen LogP contribution in [0.3, 0.4) is 0 Å². The Labute approximate surface area is 93.2 Å². The van der Waals surface area contributed by atoms with Crippen LogP contribution in [0.5, 0.6) is 0 Å². The summed E-state index contributed by atoms with van der Waals surface area (Å²) in [6, 6.07) is 7.33. The minimum absolute atomic E-state index is 0.0245. The second kappa shape index (κ2) is 5.16. The third kappa shape index (κ3) is 2.16. The van der Waals surface area contributed by atoms with E-state index in [0.717, 1.165) is 0 Å². The van der Waals surface area contributed by atoms with Gasteiger partial charge in [0.15, 0.2) is 0 Å². The molecule has 0 heterocycles. The zero-order valence-electron chi connectivity index (χ0n) is 8.25. The molecule has 0 fully saturated rings. The summed E-state index contributed by atoms with van der Waals surface area (Å²) in [5.74, 6) is -1.01. The molecule has 0 aliphatic heterocycles. The number of allylic oxidation sites excluding steroid dienone is 6. The molecule has 0 aromatic carbocycles.